The number of rotatable bonds is 19. The molecule has 12 nitrogen and oxygen atoms in total. The number of ether oxygens (including phenoxy) is 1. The Bertz CT molecular complexity index is 2660. The van der Waals surface area contributed by atoms with Crippen LogP contribution in [-0.2, 0) is 44.1 Å². The smallest absolute Gasteiger partial charge is 0.245 e. The van der Waals surface area contributed by atoms with Gasteiger partial charge in [-0.15, -0.1) is 0 Å². The second kappa shape index (κ2) is 21.4. The molecule has 0 radical (unpaired) electrons. The van der Waals surface area contributed by atoms with E-state index in [0.29, 0.717) is 44.7 Å². The summed E-state index contributed by atoms with van der Waals surface area (Å²) in [5, 5.41) is 12.0. The van der Waals surface area contributed by atoms with Crippen LogP contribution in [0.15, 0.2) is 181 Å². The zero-order chi connectivity index (χ0) is 45.7. The summed E-state index contributed by atoms with van der Waals surface area (Å²) in [6.45, 7) is 2.39. The monoisotopic (exact) mass is 878 g/mol. The van der Waals surface area contributed by atoms with E-state index >= 15 is 0 Å². The fourth-order valence-corrected chi connectivity index (χ4v) is 9.35. The predicted molar refractivity (Wildman–Crippen MR) is 256 cm³/mol. The van der Waals surface area contributed by atoms with Gasteiger partial charge in [0.25, 0.3) is 0 Å². The van der Waals surface area contributed by atoms with Crippen molar-refractivity contribution in [3.63, 3.8) is 0 Å². The van der Waals surface area contributed by atoms with Crippen LogP contribution in [0, 0.1) is 0 Å². The van der Waals surface area contributed by atoms with Crippen molar-refractivity contribution in [2.45, 2.75) is 75.4 Å². The van der Waals surface area contributed by atoms with Crippen LogP contribution < -0.4 is 10.6 Å². The third-order valence-corrected chi connectivity index (χ3v) is 12.4. The molecule has 2 heterocycles. The number of azide groups is 1. The number of carbonyl (C=O) groups excluding carboxylic acids is 3. The molecule has 0 bridgehead atoms. The Labute approximate surface area is 385 Å². The molecule has 0 aliphatic carbocycles. The first-order valence-corrected chi connectivity index (χ1v) is 22.5. The van der Waals surface area contributed by atoms with E-state index in [1.54, 1.807) is 6.33 Å². The van der Waals surface area contributed by atoms with Gasteiger partial charge in [0, 0.05) is 50.0 Å². The summed E-state index contributed by atoms with van der Waals surface area (Å²) in [5.74, 6) is -1.14. The van der Waals surface area contributed by atoms with E-state index in [1.807, 2.05) is 108 Å². The normalized spacial score (nSPS) is 15.7. The highest BCUT2D eigenvalue weighted by atomic mass is 16.5. The fraction of sp³-hybridized carbons (Fsp3) is 0.259. The van der Waals surface area contributed by atoms with Crippen molar-refractivity contribution >= 4 is 28.5 Å². The molecule has 1 aromatic heterocycles. The summed E-state index contributed by atoms with van der Waals surface area (Å²) < 4.78 is 8.56. The average molecular weight is 879 g/mol. The van der Waals surface area contributed by atoms with Gasteiger partial charge in [-0.25, -0.2) is 4.98 Å². The maximum atomic E-state index is 14.9. The first-order chi connectivity index (χ1) is 32.3. The number of aromatic nitrogens is 2. The summed E-state index contributed by atoms with van der Waals surface area (Å²) >= 11 is 0. The van der Waals surface area contributed by atoms with Crippen LogP contribution >= 0.6 is 0 Å². The van der Waals surface area contributed by atoms with E-state index in [1.165, 1.54) is 6.92 Å². The van der Waals surface area contributed by atoms with Gasteiger partial charge in [-0.05, 0) is 69.4 Å². The summed E-state index contributed by atoms with van der Waals surface area (Å²) in [6.07, 6.45) is 5.53. The minimum Gasteiger partial charge on any atom is -0.372 e. The molecule has 12 heteroatoms. The molecule has 1 aliphatic rings. The highest BCUT2D eigenvalue weighted by Gasteiger charge is 2.41. The lowest BCUT2D eigenvalue weighted by Crippen LogP contribution is -2.56. The predicted octanol–water partition coefficient (Wildman–Crippen LogP) is 8.93. The van der Waals surface area contributed by atoms with Gasteiger partial charge in [-0.3, -0.25) is 14.4 Å². The highest BCUT2D eigenvalue weighted by Crippen LogP contribution is 2.41. The zero-order valence-electron chi connectivity index (χ0n) is 37.0. The number of imidazole rings is 1. The molecule has 0 unspecified atom stereocenters. The van der Waals surface area contributed by atoms with Crippen molar-refractivity contribution in [2.75, 3.05) is 13.1 Å². The van der Waals surface area contributed by atoms with E-state index in [0.717, 1.165) is 38.6 Å². The lowest BCUT2D eigenvalue weighted by molar-refractivity contribution is -0.138. The molecular formula is C54H54N8O4. The van der Waals surface area contributed by atoms with E-state index in [2.05, 4.69) is 92.0 Å². The van der Waals surface area contributed by atoms with Gasteiger partial charge in [0.05, 0.1) is 24.7 Å². The van der Waals surface area contributed by atoms with Crippen LogP contribution in [0.5, 0.6) is 0 Å². The van der Waals surface area contributed by atoms with Gasteiger partial charge in [0.2, 0.25) is 17.7 Å². The number of nitrogens with one attached hydrogen (secondary N) is 2. The van der Waals surface area contributed by atoms with Crippen molar-refractivity contribution in [1.82, 2.24) is 25.1 Å². The average Bonchev–Trinajstić information content (AvgIpc) is 4.00. The molecule has 0 spiro atoms. The van der Waals surface area contributed by atoms with Crippen LogP contribution in [0.3, 0.4) is 0 Å². The Morgan fingerprint density at radius 2 is 1.36 bits per heavy atom. The lowest BCUT2D eigenvalue weighted by Gasteiger charge is -2.37. The van der Waals surface area contributed by atoms with Crippen LogP contribution in [0.1, 0.15) is 59.7 Å². The number of hydrogen-bond acceptors (Lipinski definition) is 6. The Hall–Kier alpha value is -7.53. The Kier molecular flexibility index (Phi) is 14.6. The van der Waals surface area contributed by atoms with Crippen molar-refractivity contribution in [3.05, 3.63) is 220 Å². The van der Waals surface area contributed by atoms with Crippen LogP contribution in [0.2, 0.25) is 0 Å². The second-order valence-electron chi connectivity index (χ2n) is 16.9. The molecule has 3 amide bonds. The number of nitrogens with zero attached hydrogens (tertiary/aromatic N) is 6. The standard InChI is InChI=1S/C54H54N8O4/c1-39(63)58-50(33-47-35-61(38-56-47)54(44-21-8-3-9-22-44,45-23-10-4-11-24-45)46-25-12-5-13-26-46)52(64)59-51(32-40-17-6-2-7-18-40)53(65)62-36-49(34-48(62)27-16-30-57-60-55)66-37-41-28-29-42-19-14-15-20-43(42)31-41/h2-15,17-26,28-29,31,35,38,48-51H,16,27,30,32-34,36-37H2,1H3,(H,58,63)(H,59,64)/t48-,49+,50+,51+/m0/s1. The third-order valence-electron chi connectivity index (χ3n) is 12.4. The van der Waals surface area contributed by atoms with E-state index < -0.39 is 29.4 Å². The summed E-state index contributed by atoms with van der Waals surface area (Å²) in [4.78, 5) is 52.0. The molecule has 4 atom stereocenters. The highest BCUT2D eigenvalue weighted by molar-refractivity contribution is 5.92. The first kappa shape index (κ1) is 45.1. The molecule has 1 aliphatic heterocycles. The Morgan fingerprint density at radius 3 is 1.98 bits per heavy atom. The summed E-state index contributed by atoms with van der Waals surface area (Å²) in [6, 6.07) is 52.5. The summed E-state index contributed by atoms with van der Waals surface area (Å²) in [5.41, 5.74) is 13.7. The molecule has 7 aromatic rings. The third kappa shape index (κ3) is 10.5. The van der Waals surface area contributed by atoms with Crippen molar-refractivity contribution < 1.29 is 19.1 Å². The maximum Gasteiger partial charge on any atom is 0.245 e. The van der Waals surface area contributed by atoms with E-state index in [4.69, 9.17) is 15.3 Å². The van der Waals surface area contributed by atoms with Crippen molar-refractivity contribution in [1.29, 1.82) is 0 Å². The first-order valence-electron chi connectivity index (χ1n) is 22.5. The minimum absolute atomic E-state index is 0.0650. The second-order valence-corrected chi connectivity index (χ2v) is 16.9. The Morgan fingerprint density at radius 1 is 0.758 bits per heavy atom. The fourth-order valence-electron chi connectivity index (χ4n) is 9.35. The molecule has 1 fully saturated rings. The minimum atomic E-state index is -1.05. The van der Waals surface area contributed by atoms with Crippen LogP contribution in [-0.4, -0.2) is 69.5 Å². The van der Waals surface area contributed by atoms with Gasteiger partial charge in [0.15, 0.2) is 0 Å². The molecular weight excluding hydrogens is 825 g/mol. The molecule has 66 heavy (non-hydrogen) atoms. The molecule has 334 valence electrons. The molecule has 8 rings (SSSR count). The zero-order valence-corrected chi connectivity index (χ0v) is 37.0. The SMILES string of the molecule is CC(=O)N[C@H](Cc1cn(C(c2ccccc2)(c2ccccc2)c2ccccc2)cn1)C(=O)N[C@H](Cc1ccccc1)C(=O)N1C[C@H](OCc2ccc3ccccc3c2)C[C@@H]1CCCN=[N+]=[N-]. The number of fused-ring (bicyclic) bond motifs is 1. The molecule has 2 N–H and O–H groups in total. The van der Waals surface area contributed by atoms with Gasteiger partial charge in [-0.2, -0.15) is 0 Å². The summed E-state index contributed by atoms with van der Waals surface area (Å²) in [7, 11) is 0. The van der Waals surface area contributed by atoms with Crippen molar-refractivity contribution in [3.8, 4) is 0 Å². The van der Waals surface area contributed by atoms with Crippen LogP contribution in [0.25, 0.3) is 21.2 Å². The maximum absolute atomic E-state index is 14.9. The van der Waals surface area contributed by atoms with E-state index in [-0.39, 0.29) is 30.9 Å². The molecule has 0 saturated carbocycles. The largest absolute Gasteiger partial charge is 0.372 e. The Balaban J connectivity index is 1.06. The van der Waals surface area contributed by atoms with Gasteiger partial charge < -0.3 is 24.8 Å². The number of likely N-dealkylation sites (tertiary alicyclic amines) is 1. The topological polar surface area (TPSA) is 154 Å². The number of carbonyl (C=O) groups is 3. The lowest BCUT2D eigenvalue weighted by atomic mass is 9.77. The van der Waals surface area contributed by atoms with Crippen molar-refractivity contribution in [2.24, 2.45) is 5.11 Å². The van der Waals surface area contributed by atoms with Gasteiger partial charge in [-0.1, -0.05) is 163 Å². The van der Waals surface area contributed by atoms with Gasteiger partial charge in [0.1, 0.15) is 17.6 Å². The van der Waals surface area contributed by atoms with E-state index in [9.17, 15) is 14.4 Å². The quantitative estimate of drug-likeness (QED) is 0.0273. The number of amides is 3. The number of benzene rings is 6. The number of hydrogen-bond donors (Lipinski definition) is 2. The molecule has 1 saturated heterocycles. The van der Waals surface area contributed by atoms with Gasteiger partial charge >= 0.3 is 0 Å². The molecule has 6 aromatic carbocycles. The van der Waals surface area contributed by atoms with Crippen LogP contribution in [0.4, 0.5) is 0 Å².